The largest absolute Gasteiger partial charge is 0.0654 e. The molecule has 31 heavy (non-hydrogen) atoms. The highest BCUT2D eigenvalue weighted by Gasteiger charge is 2.23. The molecule has 0 bridgehead atoms. The Morgan fingerprint density at radius 2 is 1.00 bits per heavy atom. The standard InChI is InChI=1S/C30H33P/c1-3-5-14-25-17-8-11-21-28(25)31(29-22-12-9-18-26(29)15-6-4-2)30-23-13-19-24-16-7-10-20-27(24)30/h7-13,16-23H,3-6,14-15H2,1-2H3. The Bertz CT molecular complexity index is 1070. The van der Waals surface area contributed by atoms with Crippen molar-refractivity contribution in [2.45, 2.75) is 52.4 Å². The van der Waals surface area contributed by atoms with Crippen molar-refractivity contribution in [1.29, 1.82) is 0 Å². The van der Waals surface area contributed by atoms with E-state index in [-0.39, 0.29) is 0 Å². The molecule has 0 aliphatic rings. The Labute approximate surface area is 189 Å². The first-order chi connectivity index (χ1) is 15.3. The number of hydrogen-bond acceptors (Lipinski definition) is 0. The summed E-state index contributed by atoms with van der Waals surface area (Å²) in [4.78, 5) is 0. The van der Waals surface area contributed by atoms with Gasteiger partial charge in [0.2, 0.25) is 0 Å². The van der Waals surface area contributed by atoms with Crippen LogP contribution < -0.4 is 15.9 Å². The first kappa shape index (κ1) is 21.8. The Balaban J connectivity index is 1.96. The highest BCUT2D eigenvalue weighted by molar-refractivity contribution is 7.80. The molecule has 0 aliphatic carbocycles. The Hall–Kier alpha value is -2.43. The Morgan fingerprint density at radius 3 is 1.61 bits per heavy atom. The van der Waals surface area contributed by atoms with E-state index in [1.807, 2.05) is 0 Å². The van der Waals surface area contributed by atoms with Gasteiger partial charge in [-0.25, -0.2) is 0 Å². The van der Waals surface area contributed by atoms with Gasteiger partial charge in [0.15, 0.2) is 0 Å². The molecule has 0 amide bonds. The third kappa shape index (κ3) is 4.91. The molecule has 0 saturated carbocycles. The summed E-state index contributed by atoms with van der Waals surface area (Å²) in [5, 5.41) is 7.29. The molecule has 0 N–H and O–H groups in total. The lowest BCUT2D eigenvalue weighted by Gasteiger charge is -2.26. The van der Waals surface area contributed by atoms with E-state index in [0.29, 0.717) is 0 Å². The predicted octanol–water partition coefficient (Wildman–Crippen LogP) is 7.28. The summed E-state index contributed by atoms with van der Waals surface area (Å²) in [5.41, 5.74) is 3.04. The lowest BCUT2D eigenvalue weighted by Crippen LogP contribution is -2.26. The van der Waals surface area contributed by atoms with Crippen molar-refractivity contribution in [3.05, 3.63) is 102 Å². The van der Waals surface area contributed by atoms with Crippen molar-refractivity contribution >= 4 is 34.6 Å². The lowest BCUT2D eigenvalue weighted by atomic mass is 10.1. The quantitative estimate of drug-likeness (QED) is 0.248. The maximum Gasteiger partial charge on any atom is -0.00724 e. The fourth-order valence-corrected chi connectivity index (χ4v) is 7.28. The third-order valence-corrected chi connectivity index (χ3v) is 8.78. The van der Waals surface area contributed by atoms with Crippen molar-refractivity contribution in [2.24, 2.45) is 0 Å². The van der Waals surface area contributed by atoms with Gasteiger partial charge in [0, 0.05) is 0 Å². The zero-order chi connectivity index (χ0) is 21.5. The number of hydrogen-bond donors (Lipinski definition) is 0. The van der Waals surface area contributed by atoms with Gasteiger partial charge < -0.3 is 0 Å². The van der Waals surface area contributed by atoms with E-state index in [4.69, 9.17) is 0 Å². The molecule has 158 valence electrons. The normalized spacial score (nSPS) is 11.3. The average molecular weight is 425 g/mol. The minimum Gasteiger partial charge on any atom is -0.0654 e. The van der Waals surface area contributed by atoms with E-state index in [1.165, 1.54) is 63.5 Å². The zero-order valence-electron chi connectivity index (χ0n) is 18.9. The van der Waals surface area contributed by atoms with Crippen LogP contribution in [0, 0.1) is 0 Å². The molecule has 0 atom stereocenters. The van der Waals surface area contributed by atoms with Crippen LogP contribution in [0.15, 0.2) is 91.0 Å². The second-order valence-corrected chi connectivity index (χ2v) is 10.4. The summed E-state index contributed by atoms with van der Waals surface area (Å²) in [5.74, 6) is 0. The molecule has 0 heterocycles. The van der Waals surface area contributed by atoms with E-state index in [0.717, 1.165) is 12.8 Å². The Morgan fingerprint density at radius 1 is 0.516 bits per heavy atom. The maximum absolute atomic E-state index is 2.40. The third-order valence-electron chi connectivity index (χ3n) is 6.07. The van der Waals surface area contributed by atoms with Gasteiger partial charge in [-0.2, -0.15) is 0 Å². The van der Waals surface area contributed by atoms with Gasteiger partial charge in [-0.15, -0.1) is 0 Å². The Kier molecular flexibility index (Phi) is 7.55. The van der Waals surface area contributed by atoms with E-state index in [2.05, 4.69) is 105 Å². The van der Waals surface area contributed by atoms with Gasteiger partial charge in [-0.1, -0.05) is 118 Å². The van der Waals surface area contributed by atoms with Gasteiger partial charge in [0.05, 0.1) is 0 Å². The van der Waals surface area contributed by atoms with E-state index in [9.17, 15) is 0 Å². The minimum atomic E-state index is -0.620. The molecular formula is C30H33P. The summed E-state index contributed by atoms with van der Waals surface area (Å²) in [6, 6.07) is 34.2. The fraction of sp³-hybridized carbons (Fsp3) is 0.267. The molecule has 4 aromatic carbocycles. The van der Waals surface area contributed by atoms with Gasteiger partial charge >= 0.3 is 0 Å². The number of fused-ring (bicyclic) bond motifs is 1. The topological polar surface area (TPSA) is 0 Å². The van der Waals surface area contributed by atoms with E-state index < -0.39 is 7.92 Å². The second-order valence-electron chi connectivity index (χ2n) is 8.30. The molecule has 0 aliphatic heterocycles. The molecule has 4 rings (SSSR count). The smallest absolute Gasteiger partial charge is 0.00724 e. The minimum absolute atomic E-state index is 0.620. The molecule has 0 saturated heterocycles. The summed E-state index contributed by atoms with van der Waals surface area (Å²) in [7, 11) is -0.620. The number of aryl methyl sites for hydroxylation is 2. The van der Waals surface area contributed by atoms with Crippen LogP contribution in [0.2, 0.25) is 0 Å². The molecule has 0 aromatic heterocycles. The lowest BCUT2D eigenvalue weighted by molar-refractivity contribution is 0.797. The molecule has 0 nitrogen and oxygen atoms in total. The van der Waals surface area contributed by atoms with Crippen LogP contribution in [-0.2, 0) is 12.8 Å². The predicted molar refractivity (Wildman–Crippen MR) is 140 cm³/mol. The number of unbranched alkanes of at least 4 members (excludes halogenated alkanes) is 2. The molecule has 0 fully saturated rings. The van der Waals surface area contributed by atoms with E-state index in [1.54, 1.807) is 0 Å². The van der Waals surface area contributed by atoms with Gasteiger partial charge in [0.25, 0.3) is 0 Å². The van der Waals surface area contributed by atoms with Crippen LogP contribution in [0.5, 0.6) is 0 Å². The molecule has 0 radical (unpaired) electrons. The molecule has 0 unspecified atom stereocenters. The summed E-state index contributed by atoms with van der Waals surface area (Å²) < 4.78 is 0. The summed E-state index contributed by atoms with van der Waals surface area (Å²) in [6.45, 7) is 4.58. The van der Waals surface area contributed by atoms with Crippen molar-refractivity contribution in [2.75, 3.05) is 0 Å². The van der Waals surface area contributed by atoms with Gasteiger partial charge in [-0.05, 0) is 71.4 Å². The van der Waals surface area contributed by atoms with Crippen LogP contribution in [0.1, 0.15) is 50.7 Å². The number of benzene rings is 4. The monoisotopic (exact) mass is 424 g/mol. The van der Waals surface area contributed by atoms with Gasteiger partial charge in [-0.3, -0.25) is 0 Å². The van der Waals surface area contributed by atoms with Gasteiger partial charge in [0.1, 0.15) is 0 Å². The van der Waals surface area contributed by atoms with E-state index >= 15 is 0 Å². The van der Waals surface area contributed by atoms with Crippen LogP contribution in [-0.4, -0.2) is 0 Å². The second kappa shape index (κ2) is 10.7. The highest BCUT2D eigenvalue weighted by Crippen LogP contribution is 2.38. The average Bonchev–Trinajstić information content (AvgIpc) is 2.83. The molecule has 4 aromatic rings. The zero-order valence-corrected chi connectivity index (χ0v) is 19.7. The van der Waals surface area contributed by atoms with Crippen LogP contribution in [0.3, 0.4) is 0 Å². The first-order valence-electron chi connectivity index (χ1n) is 11.8. The first-order valence-corrected chi connectivity index (χ1v) is 13.1. The molecule has 0 spiro atoms. The van der Waals surface area contributed by atoms with Crippen LogP contribution in [0.25, 0.3) is 10.8 Å². The summed E-state index contributed by atoms with van der Waals surface area (Å²) >= 11 is 0. The van der Waals surface area contributed by atoms with Crippen molar-refractivity contribution < 1.29 is 0 Å². The van der Waals surface area contributed by atoms with Crippen LogP contribution in [0.4, 0.5) is 0 Å². The number of rotatable bonds is 9. The molecular weight excluding hydrogens is 391 g/mol. The maximum atomic E-state index is 2.40. The van der Waals surface area contributed by atoms with Crippen molar-refractivity contribution in [3.63, 3.8) is 0 Å². The SMILES string of the molecule is CCCCc1ccccc1P(c1ccccc1CCCC)c1cccc2ccccc12. The summed E-state index contributed by atoms with van der Waals surface area (Å²) in [6.07, 6.45) is 7.27. The highest BCUT2D eigenvalue weighted by atomic mass is 31.1. The van der Waals surface area contributed by atoms with Crippen LogP contribution >= 0.6 is 7.92 Å². The fourth-order valence-electron chi connectivity index (χ4n) is 4.41. The molecule has 1 heteroatoms. The van der Waals surface area contributed by atoms with Crippen molar-refractivity contribution in [3.8, 4) is 0 Å². The van der Waals surface area contributed by atoms with Crippen molar-refractivity contribution in [1.82, 2.24) is 0 Å².